The zero-order chi connectivity index (χ0) is 22.3. The first-order valence-electron chi connectivity index (χ1n) is 9.49. The third kappa shape index (κ3) is 6.15. The molecule has 2 amide bonds. The van der Waals surface area contributed by atoms with E-state index in [1.807, 2.05) is 24.3 Å². The largest absolute Gasteiger partial charge is 0.347 e. The van der Waals surface area contributed by atoms with Crippen LogP contribution in [0.25, 0.3) is 10.8 Å². The number of amides is 2. The van der Waals surface area contributed by atoms with Gasteiger partial charge in [0, 0.05) is 24.2 Å². The van der Waals surface area contributed by atoms with Crippen molar-refractivity contribution in [1.29, 1.82) is 0 Å². The number of nitrogens with one attached hydrogen (secondary N) is 3. The summed E-state index contributed by atoms with van der Waals surface area (Å²) in [5.41, 5.74) is 1.15. The van der Waals surface area contributed by atoms with Crippen LogP contribution in [0.3, 0.4) is 0 Å². The van der Waals surface area contributed by atoms with Gasteiger partial charge in [-0.1, -0.05) is 42.3 Å². The maximum absolute atomic E-state index is 12.5. The maximum atomic E-state index is 12.5. The highest BCUT2D eigenvalue weighted by atomic mass is 32.2. The highest BCUT2D eigenvalue weighted by Gasteiger charge is 2.15. The van der Waals surface area contributed by atoms with Crippen molar-refractivity contribution in [3.63, 3.8) is 0 Å². The van der Waals surface area contributed by atoms with Crippen LogP contribution in [0.4, 0.5) is 5.69 Å². The fourth-order valence-electron chi connectivity index (χ4n) is 2.88. The second kappa shape index (κ2) is 9.89. The van der Waals surface area contributed by atoms with Gasteiger partial charge < -0.3 is 10.6 Å². The molecule has 0 unspecified atom stereocenters. The molecule has 0 fully saturated rings. The number of fused-ring (bicyclic) bond motifs is 1. The van der Waals surface area contributed by atoms with Crippen LogP contribution >= 0.6 is 0 Å². The molecule has 3 N–H and O–H groups in total. The molecule has 3 rings (SSSR count). The van der Waals surface area contributed by atoms with Crippen LogP contribution in [0.15, 0.2) is 71.6 Å². The van der Waals surface area contributed by atoms with E-state index < -0.39 is 21.8 Å². The van der Waals surface area contributed by atoms with E-state index in [0.717, 1.165) is 10.8 Å². The van der Waals surface area contributed by atoms with Gasteiger partial charge in [0.15, 0.2) is 0 Å². The molecule has 0 aliphatic heterocycles. The van der Waals surface area contributed by atoms with Gasteiger partial charge in [-0.3, -0.25) is 9.59 Å². The number of hydrogen-bond donors (Lipinski definition) is 3. The fourth-order valence-corrected chi connectivity index (χ4v) is 3.94. The molecule has 158 valence electrons. The van der Waals surface area contributed by atoms with Gasteiger partial charge in [-0.25, -0.2) is 13.1 Å². The fraction of sp³-hybridized carbons (Fsp3) is 0.130. The normalized spacial score (nSPS) is 10.9. The summed E-state index contributed by atoms with van der Waals surface area (Å²) in [6, 6.07) is 19.0. The lowest BCUT2D eigenvalue weighted by atomic mass is 10.1. The number of terminal acetylenes is 1. The van der Waals surface area contributed by atoms with Crippen molar-refractivity contribution in [3.05, 3.63) is 72.3 Å². The zero-order valence-electron chi connectivity index (χ0n) is 16.6. The molecule has 0 saturated carbocycles. The Kier molecular flexibility index (Phi) is 7.03. The third-order valence-electron chi connectivity index (χ3n) is 4.43. The molecule has 0 aliphatic rings. The standard InChI is InChI=1S/C23H21N3O4S/c1-2-17-6-5-9-20(14-17)26-23(28)16-24-22(27)12-13-25-31(29,30)21-11-10-18-7-3-4-8-19(18)15-21/h1,3-11,14-15,25H,12-13,16H2,(H,24,27)(H,26,28). The summed E-state index contributed by atoms with van der Waals surface area (Å²) in [5.74, 6) is 1.60. The Balaban J connectivity index is 1.45. The number of benzene rings is 3. The molecule has 0 bridgehead atoms. The molecular weight excluding hydrogens is 414 g/mol. The van der Waals surface area contributed by atoms with Crippen LogP contribution in [0.1, 0.15) is 12.0 Å². The molecule has 0 heterocycles. The van der Waals surface area contributed by atoms with Crippen molar-refractivity contribution in [1.82, 2.24) is 10.0 Å². The van der Waals surface area contributed by atoms with E-state index in [1.165, 1.54) is 6.07 Å². The number of anilines is 1. The zero-order valence-corrected chi connectivity index (χ0v) is 17.4. The first-order chi connectivity index (χ1) is 14.9. The summed E-state index contributed by atoms with van der Waals surface area (Å²) in [5, 5.41) is 6.83. The van der Waals surface area contributed by atoms with E-state index in [4.69, 9.17) is 6.42 Å². The van der Waals surface area contributed by atoms with Gasteiger partial charge in [-0.2, -0.15) is 0 Å². The van der Waals surface area contributed by atoms with E-state index in [-0.39, 0.29) is 24.4 Å². The van der Waals surface area contributed by atoms with Gasteiger partial charge in [-0.15, -0.1) is 6.42 Å². The van der Waals surface area contributed by atoms with E-state index in [2.05, 4.69) is 21.3 Å². The lowest BCUT2D eigenvalue weighted by molar-refractivity contribution is -0.124. The highest BCUT2D eigenvalue weighted by molar-refractivity contribution is 7.89. The number of carbonyl (C=O) groups excluding carboxylic acids is 2. The van der Waals surface area contributed by atoms with Gasteiger partial charge >= 0.3 is 0 Å². The summed E-state index contributed by atoms with van der Waals surface area (Å²) in [6.45, 7) is -0.330. The third-order valence-corrected chi connectivity index (χ3v) is 5.89. The van der Waals surface area contributed by atoms with Gasteiger partial charge in [0.1, 0.15) is 0 Å². The van der Waals surface area contributed by atoms with Gasteiger partial charge in [0.05, 0.1) is 11.4 Å². The SMILES string of the molecule is C#Cc1cccc(NC(=O)CNC(=O)CCNS(=O)(=O)c2ccc3ccccc3c2)c1. The number of rotatable bonds is 8. The molecule has 3 aromatic carbocycles. The van der Waals surface area contributed by atoms with Crippen LogP contribution in [0.5, 0.6) is 0 Å². The van der Waals surface area contributed by atoms with E-state index in [1.54, 1.807) is 36.4 Å². The monoisotopic (exact) mass is 435 g/mol. The highest BCUT2D eigenvalue weighted by Crippen LogP contribution is 2.18. The lowest BCUT2D eigenvalue weighted by Gasteiger charge is -2.09. The Morgan fingerprint density at radius 1 is 0.903 bits per heavy atom. The lowest BCUT2D eigenvalue weighted by Crippen LogP contribution is -2.35. The van der Waals surface area contributed by atoms with Crippen LogP contribution < -0.4 is 15.4 Å². The molecule has 0 atom stereocenters. The number of hydrogen-bond acceptors (Lipinski definition) is 4. The predicted molar refractivity (Wildman–Crippen MR) is 120 cm³/mol. The molecule has 0 radical (unpaired) electrons. The second-order valence-corrected chi connectivity index (χ2v) is 8.47. The minimum Gasteiger partial charge on any atom is -0.347 e. The molecular formula is C23H21N3O4S. The van der Waals surface area contributed by atoms with Crippen molar-refractivity contribution in [2.45, 2.75) is 11.3 Å². The molecule has 0 aliphatic carbocycles. The first kappa shape index (κ1) is 22.0. The minimum absolute atomic E-state index is 0.0904. The van der Waals surface area contributed by atoms with E-state index >= 15 is 0 Å². The Morgan fingerprint density at radius 2 is 1.68 bits per heavy atom. The van der Waals surface area contributed by atoms with E-state index in [9.17, 15) is 18.0 Å². The second-order valence-electron chi connectivity index (χ2n) is 6.71. The Hall–Kier alpha value is -3.67. The van der Waals surface area contributed by atoms with Crippen molar-refractivity contribution in [2.24, 2.45) is 0 Å². The summed E-state index contributed by atoms with van der Waals surface area (Å²) in [6.07, 6.45) is 5.21. The van der Waals surface area contributed by atoms with Crippen molar-refractivity contribution < 1.29 is 18.0 Å². The summed E-state index contributed by atoms with van der Waals surface area (Å²) >= 11 is 0. The summed E-state index contributed by atoms with van der Waals surface area (Å²) in [4.78, 5) is 24.0. The van der Waals surface area contributed by atoms with Crippen molar-refractivity contribution >= 4 is 38.3 Å². The number of sulfonamides is 1. The van der Waals surface area contributed by atoms with Crippen LogP contribution in [0, 0.1) is 12.3 Å². The van der Waals surface area contributed by atoms with E-state index in [0.29, 0.717) is 11.3 Å². The van der Waals surface area contributed by atoms with Crippen LogP contribution in [0.2, 0.25) is 0 Å². The quantitative estimate of drug-likeness (QED) is 0.472. The van der Waals surface area contributed by atoms with Crippen LogP contribution in [-0.4, -0.2) is 33.3 Å². The topological polar surface area (TPSA) is 104 Å². The molecule has 0 spiro atoms. The summed E-state index contributed by atoms with van der Waals surface area (Å²) in [7, 11) is -3.75. The molecule has 0 aromatic heterocycles. The van der Waals surface area contributed by atoms with Gasteiger partial charge in [0.25, 0.3) is 0 Å². The van der Waals surface area contributed by atoms with Crippen molar-refractivity contribution in [2.75, 3.05) is 18.4 Å². The van der Waals surface area contributed by atoms with Gasteiger partial charge in [0.2, 0.25) is 21.8 Å². The molecule has 8 heteroatoms. The minimum atomic E-state index is -3.75. The average molecular weight is 436 g/mol. The predicted octanol–water partition coefficient (Wildman–Crippen LogP) is 2.24. The Morgan fingerprint density at radius 3 is 2.45 bits per heavy atom. The molecule has 7 nitrogen and oxygen atoms in total. The molecule has 31 heavy (non-hydrogen) atoms. The average Bonchev–Trinajstić information content (AvgIpc) is 2.77. The smallest absolute Gasteiger partial charge is 0.243 e. The Labute approximate surface area is 180 Å². The molecule has 3 aromatic rings. The summed E-state index contributed by atoms with van der Waals surface area (Å²) < 4.78 is 27.3. The van der Waals surface area contributed by atoms with Crippen molar-refractivity contribution in [3.8, 4) is 12.3 Å². The first-order valence-corrected chi connectivity index (χ1v) is 11.0. The Bertz CT molecular complexity index is 1260. The maximum Gasteiger partial charge on any atom is 0.243 e. The number of carbonyl (C=O) groups is 2. The molecule has 0 saturated heterocycles. The van der Waals surface area contributed by atoms with Crippen LogP contribution in [-0.2, 0) is 19.6 Å². The van der Waals surface area contributed by atoms with Gasteiger partial charge in [-0.05, 0) is 41.1 Å².